The van der Waals surface area contributed by atoms with E-state index in [0.29, 0.717) is 12.7 Å². The molecule has 0 N–H and O–H groups in total. The molecule has 0 bridgehead atoms. The van der Waals surface area contributed by atoms with Gasteiger partial charge in [-0.1, -0.05) is 25.8 Å². The number of alkyl halides is 3. The third-order valence-electron chi connectivity index (χ3n) is 4.22. The molecule has 1 aromatic carbocycles. The molecule has 2 rings (SSSR count). The monoisotopic (exact) mass is 317 g/mol. The van der Waals surface area contributed by atoms with E-state index in [4.69, 9.17) is 4.74 Å². The van der Waals surface area contributed by atoms with Gasteiger partial charge < -0.3 is 4.74 Å². The second-order valence-electron chi connectivity index (χ2n) is 6.03. The van der Waals surface area contributed by atoms with Crippen LogP contribution in [0.15, 0.2) is 18.2 Å². The van der Waals surface area contributed by atoms with Gasteiger partial charge in [-0.25, -0.2) is 4.39 Å². The number of hydrogen-bond donors (Lipinski definition) is 0. The maximum Gasteiger partial charge on any atom is 0.416 e. The van der Waals surface area contributed by atoms with Crippen molar-refractivity contribution in [2.45, 2.75) is 51.8 Å². The number of ether oxygens (including phenoxy) is 1. The van der Waals surface area contributed by atoms with Crippen LogP contribution >= 0.6 is 0 Å². The molecule has 0 atom stereocenters. The predicted molar refractivity (Wildman–Crippen MR) is 76.6 cm³/mol. The molecule has 0 aliphatic heterocycles. The summed E-state index contributed by atoms with van der Waals surface area (Å²) in [7, 11) is 0. The smallest absolute Gasteiger partial charge is 0.377 e. The summed E-state index contributed by atoms with van der Waals surface area (Å²) in [6, 6.07) is 2.70. The zero-order valence-electron chi connectivity index (χ0n) is 12.7. The number of rotatable bonds is 5. The van der Waals surface area contributed by atoms with E-state index in [9.17, 15) is 17.6 Å². The van der Waals surface area contributed by atoms with Crippen LogP contribution in [0.3, 0.4) is 0 Å². The van der Waals surface area contributed by atoms with Crippen molar-refractivity contribution in [2.24, 2.45) is 5.92 Å². The zero-order valence-corrected chi connectivity index (χ0v) is 12.7. The zero-order chi connectivity index (χ0) is 16.2. The van der Waals surface area contributed by atoms with Crippen LogP contribution in [0.1, 0.15) is 50.2 Å². The lowest BCUT2D eigenvalue weighted by Gasteiger charge is -2.25. The Kier molecular flexibility index (Phi) is 5.84. The summed E-state index contributed by atoms with van der Waals surface area (Å²) in [4.78, 5) is 0. The minimum Gasteiger partial charge on any atom is -0.377 e. The molecule has 0 heterocycles. The lowest BCUT2D eigenvalue weighted by Crippen LogP contribution is -2.13. The van der Waals surface area contributed by atoms with Crippen LogP contribution in [0.25, 0.3) is 0 Å². The number of hydrogen-bond acceptors (Lipinski definition) is 1. The second-order valence-corrected chi connectivity index (χ2v) is 6.03. The molecule has 22 heavy (non-hydrogen) atoms. The van der Waals surface area contributed by atoms with Gasteiger partial charge in [0.05, 0.1) is 12.2 Å². The summed E-state index contributed by atoms with van der Waals surface area (Å²) in [5.74, 6) is 1.31. The summed E-state index contributed by atoms with van der Waals surface area (Å²) >= 11 is 0. The maximum atomic E-state index is 13.0. The SMILES string of the molecule is CC1CC[C](CCOCc2ccc(F)cc2C(F)(F)F)CC1. The van der Waals surface area contributed by atoms with Crippen molar-refractivity contribution in [3.63, 3.8) is 0 Å². The van der Waals surface area contributed by atoms with E-state index in [-0.39, 0.29) is 12.2 Å². The molecule has 1 aliphatic rings. The summed E-state index contributed by atoms with van der Waals surface area (Å²) in [6.07, 6.45) is 0.797. The van der Waals surface area contributed by atoms with Gasteiger partial charge in [-0.05, 0) is 48.8 Å². The third kappa shape index (κ3) is 4.97. The first-order valence-electron chi connectivity index (χ1n) is 7.63. The lowest BCUT2D eigenvalue weighted by atomic mass is 9.82. The minimum absolute atomic E-state index is 0.0174. The van der Waals surface area contributed by atoms with Crippen LogP contribution in [0.4, 0.5) is 17.6 Å². The van der Waals surface area contributed by atoms with Gasteiger partial charge in [0.15, 0.2) is 0 Å². The van der Waals surface area contributed by atoms with E-state index in [1.54, 1.807) is 0 Å². The summed E-state index contributed by atoms with van der Waals surface area (Å²) in [5, 5.41) is 0. The first-order valence-corrected chi connectivity index (χ1v) is 7.63. The standard InChI is InChI=1S/C17H21F4O/c1-12-2-4-13(5-3-12)8-9-22-11-14-6-7-15(18)10-16(14)17(19,20)21/h6-7,10,12H,2-5,8-9,11H2,1H3. The molecule has 1 saturated carbocycles. The Bertz CT molecular complexity index is 476. The molecular weight excluding hydrogens is 296 g/mol. The van der Waals surface area contributed by atoms with Crippen molar-refractivity contribution in [2.75, 3.05) is 6.61 Å². The molecular formula is C17H21F4O. The summed E-state index contributed by atoms with van der Waals surface area (Å²) in [6.45, 7) is 2.51. The Hall–Kier alpha value is -1.10. The maximum absolute atomic E-state index is 13.0. The highest BCUT2D eigenvalue weighted by Gasteiger charge is 2.33. The van der Waals surface area contributed by atoms with Gasteiger partial charge in [0.2, 0.25) is 0 Å². The van der Waals surface area contributed by atoms with Crippen molar-refractivity contribution >= 4 is 0 Å². The van der Waals surface area contributed by atoms with Crippen LogP contribution < -0.4 is 0 Å². The van der Waals surface area contributed by atoms with Crippen molar-refractivity contribution in [3.8, 4) is 0 Å². The second kappa shape index (κ2) is 7.44. The van der Waals surface area contributed by atoms with Gasteiger partial charge in [-0.2, -0.15) is 13.2 Å². The normalized spacial score (nSPS) is 17.9. The Morgan fingerprint density at radius 2 is 1.86 bits per heavy atom. The average Bonchev–Trinajstić information content (AvgIpc) is 2.45. The van der Waals surface area contributed by atoms with Crippen LogP contribution in [-0.2, 0) is 17.5 Å². The first-order chi connectivity index (χ1) is 10.4. The van der Waals surface area contributed by atoms with Gasteiger partial charge in [-0.3, -0.25) is 0 Å². The van der Waals surface area contributed by atoms with Crippen molar-refractivity contribution in [3.05, 3.63) is 41.1 Å². The molecule has 1 fully saturated rings. The van der Waals surface area contributed by atoms with E-state index in [1.807, 2.05) is 0 Å². The largest absolute Gasteiger partial charge is 0.416 e. The fourth-order valence-corrected chi connectivity index (χ4v) is 2.76. The van der Waals surface area contributed by atoms with E-state index in [2.05, 4.69) is 6.92 Å². The molecule has 123 valence electrons. The fourth-order valence-electron chi connectivity index (χ4n) is 2.76. The highest BCUT2D eigenvalue weighted by molar-refractivity contribution is 5.29. The van der Waals surface area contributed by atoms with Gasteiger partial charge in [0.25, 0.3) is 0 Å². The lowest BCUT2D eigenvalue weighted by molar-refractivity contribution is -0.139. The molecule has 1 aromatic rings. The van der Waals surface area contributed by atoms with Crippen molar-refractivity contribution < 1.29 is 22.3 Å². The molecule has 0 aromatic heterocycles. The molecule has 5 heteroatoms. The highest BCUT2D eigenvalue weighted by atomic mass is 19.4. The average molecular weight is 317 g/mol. The Labute approximate surface area is 128 Å². The third-order valence-corrected chi connectivity index (χ3v) is 4.22. The molecule has 1 aliphatic carbocycles. The minimum atomic E-state index is -4.56. The topological polar surface area (TPSA) is 9.23 Å². The Balaban J connectivity index is 1.82. The van der Waals surface area contributed by atoms with Gasteiger partial charge in [0.1, 0.15) is 5.82 Å². The van der Waals surface area contributed by atoms with Gasteiger partial charge >= 0.3 is 6.18 Å². The van der Waals surface area contributed by atoms with E-state index in [1.165, 1.54) is 18.8 Å². The van der Waals surface area contributed by atoms with Crippen LogP contribution in [-0.4, -0.2) is 6.61 Å². The molecule has 0 saturated heterocycles. The predicted octanol–water partition coefficient (Wildman–Crippen LogP) is 5.54. The van der Waals surface area contributed by atoms with E-state index >= 15 is 0 Å². The molecule has 1 radical (unpaired) electrons. The summed E-state index contributed by atoms with van der Waals surface area (Å²) < 4.78 is 56.9. The summed E-state index contributed by atoms with van der Waals surface area (Å²) in [5.41, 5.74) is -0.970. The Morgan fingerprint density at radius 3 is 2.50 bits per heavy atom. The first kappa shape index (κ1) is 17.3. The molecule has 0 unspecified atom stereocenters. The quantitative estimate of drug-likeness (QED) is 0.512. The van der Waals surface area contributed by atoms with Crippen molar-refractivity contribution in [1.82, 2.24) is 0 Å². The Morgan fingerprint density at radius 1 is 1.18 bits per heavy atom. The van der Waals surface area contributed by atoms with Crippen LogP contribution in [0.2, 0.25) is 0 Å². The molecule has 0 amide bonds. The van der Waals surface area contributed by atoms with Crippen molar-refractivity contribution in [1.29, 1.82) is 0 Å². The van der Waals surface area contributed by atoms with Gasteiger partial charge in [0, 0.05) is 6.61 Å². The fraction of sp³-hybridized carbons (Fsp3) is 0.588. The molecule has 0 spiro atoms. The van der Waals surface area contributed by atoms with Crippen LogP contribution in [0, 0.1) is 17.7 Å². The van der Waals surface area contributed by atoms with Crippen LogP contribution in [0.5, 0.6) is 0 Å². The number of halogens is 4. The highest BCUT2D eigenvalue weighted by Crippen LogP contribution is 2.34. The molecule has 1 nitrogen and oxygen atoms in total. The van der Waals surface area contributed by atoms with Gasteiger partial charge in [-0.15, -0.1) is 0 Å². The number of benzene rings is 1. The van der Waals surface area contributed by atoms with E-state index < -0.39 is 17.6 Å². The van der Waals surface area contributed by atoms with E-state index in [0.717, 1.165) is 37.3 Å².